The van der Waals surface area contributed by atoms with E-state index >= 15 is 0 Å². The molecule has 0 bridgehead atoms. The Morgan fingerprint density at radius 1 is 1.14 bits per heavy atom. The minimum absolute atomic E-state index is 0.148. The van der Waals surface area contributed by atoms with Gasteiger partial charge in [-0.3, -0.25) is 4.18 Å². The minimum Gasteiger partial charge on any atom is -0.270 e. The van der Waals surface area contributed by atoms with E-state index in [1.165, 1.54) is 6.42 Å². The van der Waals surface area contributed by atoms with Gasteiger partial charge in [0.15, 0.2) is 0 Å². The van der Waals surface area contributed by atoms with Crippen molar-refractivity contribution in [1.29, 1.82) is 0 Å². The third-order valence-electron chi connectivity index (χ3n) is 4.91. The molecule has 0 aromatic heterocycles. The summed E-state index contributed by atoms with van der Waals surface area (Å²) in [5, 5.41) is 0. The van der Waals surface area contributed by atoms with Gasteiger partial charge in [0.2, 0.25) is 0 Å². The first-order chi connectivity index (χ1) is 6.33. The molecule has 1 saturated heterocycles. The van der Waals surface area contributed by atoms with Crippen LogP contribution in [-0.4, -0.2) is 20.8 Å². The molecule has 2 aliphatic carbocycles. The van der Waals surface area contributed by atoms with Crippen LogP contribution >= 0.6 is 0 Å². The zero-order chi connectivity index (χ0) is 10.2. The molecule has 1 heterocycles. The second-order valence-corrected chi connectivity index (χ2v) is 7.59. The molecule has 1 spiro atoms. The van der Waals surface area contributed by atoms with E-state index in [0.717, 1.165) is 12.8 Å². The molecule has 3 atom stereocenters. The van der Waals surface area contributed by atoms with Crippen molar-refractivity contribution in [3.05, 3.63) is 0 Å². The van der Waals surface area contributed by atoms with E-state index < -0.39 is 10.1 Å². The lowest BCUT2D eigenvalue weighted by Crippen LogP contribution is -2.23. The van der Waals surface area contributed by atoms with Crippen molar-refractivity contribution in [2.45, 2.75) is 33.1 Å². The summed E-state index contributed by atoms with van der Waals surface area (Å²) in [6.07, 6.45) is 3.15. The molecule has 0 amide bonds. The largest absolute Gasteiger partial charge is 0.270 e. The van der Waals surface area contributed by atoms with Crippen molar-refractivity contribution in [2.75, 3.05) is 12.4 Å². The molecule has 0 radical (unpaired) electrons. The Labute approximate surface area is 85.0 Å². The van der Waals surface area contributed by atoms with Gasteiger partial charge in [0.05, 0.1) is 12.4 Å². The van der Waals surface area contributed by atoms with Gasteiger partial charge in [-0.05, 0) is 35.5 Å². The molecule has 0 N–H and O–H groups in total. The molecule has 3 aliphatic rings. The lowest BCUT2D eigenvalue weighted by molar-refractivity contribution is 0.214. The Bertz CT molecular complexity index is 368. The number of rotatable bonds is 0. The van der Waals surface area contributed by atoms with E-state index in [1.54, 1.807) is 0 Å². The van der Waals surface area contributed by atoms with E-state index in [0.29, 0.717) is 17.4 Å². The Morgan fingerprint density at radius 2 is 1.79 bits per heavy atom. The predicted octanol–water partition coefficient (Wildman–Crippen LogP) is 1.54. The second kappa shape index (κ2) is 2.05. The van der Waals surface area contributed by atoms with Gasteiger partial charge in [0.25, 0.3) is 10.1 Å². The molecule has 3 rings (SSSR count). The molecular weight excluding hydrogens is 200 g/mol. The zero-order valence-electron chi connectivity index (χ0n) is 8.67. The summed E-state index contributed by atoms with van der Waals surface area (Å²) in [4.78, 5) is 0. The van der Waals surface area contributed by atoms with Crippen LogP contribution in [-0.2, 0) is 14.3 Å². The van der Waals surface area contributed by atoms with Crippen LogP contribution in [0.15, 0.2) is 0 Å². The molecule has 3 fully saturated rings. The highest BCUT2D eigenvalue weighted by molar-refractivity contribution is 7.86. The fourth-order valence-corrected chi connectivity index (χ4v) is 4.87. The molecule has 3 unspecified atom stereocenters. The first-order valence-corrected chi connectivity index (χ1v) is 6.78. The summed E-state index contributed by atoms with van der Waals surface area (Å²) < 4.78 is 27.9. The highest BCUT2D eigenvalue weighted by Gasteiger charge is 2.83. The SMILES string of the molecule is CC12CCS(=O)(=O)OCC3(C)CC13C2. The lowest BCUT2D eigenvalue weighted by atomic mass is 9.96. The number of hydrogen-bond donors (Lipinski definition) is 0. The highest BCUT2D eigenvalue weighted by Crippen LogP contribution is 2.88. The van der Waals surface area contributed by atoms with Crippen molar-refractivity contribution in [3.63, 3.8) is 0 Å². The predicted molar refractivity (Wildman–Crippen MR) is 52.2 cm³/mol. The van der Waals surface area contributed by atoms with Crippen molar-refractivity contribution in [2.24, 2.45) is 16.2 Å². The maximum Gasteiger partial charge on any atom is 0.267 e. The van der Waals surface area contributed by atoms with Gasteiger partial charge in [-0.25, -0.2) is 0 Å². The average molecular weight is 216 g/mol. The van der Waals surface area contributed by atoms with Crippen molar-refractivity contribution < 1.29 is 12.6 Å². The lowest BCUT2D eigenvalue weighted by Gasteiger charge is -2.19. The molecule has 1 aliphatic heterocycles. The first-order valence-electron chi connectivity index (χ1n) is 5.20. The summed E-state index contributed by atoms with van der Waals surface area (Å²) in [6, 6.07) is 0. The van der Waals surface area contributed by atoms with Gasteiger partial charge >= 0.3 is 0 Å². The van der Waals surface area contributed by atoms with Gasteiger partial charge in [-0.2, -0.15) is 8.42 Å². The quantitative estimate of drug-likeness (QED) is 0.577. The maximum atomic E-state index is 11.4. The Kier molecular flexibility index (Phi) is 1.34. The first kappa shape index (κ1) is 9.16. The second-order valence-electron chi connectivity index (χ2n) is 5.83. The molecule has 14 heavy (non-hydrogen) atoms. The standard InChI is InChI=1S/C10H16O3S/c1-8-3-4-14(11,12)13-7-9(2)6-10(8,9)5-8/h3-7H2,1-2H3. The molecule has 2 saturated carbocycles. The van der Waals surface area contributed by atoms with Gasteiger partial charge in [-0.15, -0.1) is 0 Å². The summed E-state index contributed by atoms with van der Waals surface area (Å²) in [7, 11) is -3.23. The average Bonchev–Trinajstić information content (AvgIpc) is 2.86. The number of hydrogen-bond acceptors (Lipinski definition) is 3. The van der Waals surface area contributed by atoms with Crippen molar-refractivity contribution >= 4 is 10.1 Å². The van der Waals surface area contributed by atoms with Crippen LogP contribution in [0, 0.1) is 16.2 Å². The van der Waals surface area contributed by atoms with E-state index in [-0.39, 0.29) is 11.2 Å². The van der Waals surface area contributed by atoms with Crippen LogP contribution in [0.1, 0.15) is 33.1 Å². The summed E-state index contributed by atoms with van der Waals surface area (Å²) >= 11 is 0. The topological polar surface area (TPSA) is 43.4 Å². The van der Waals surface area contributed by atoms with Crippen LogP contribution in [0.4, 0.5) is 0 Å². The highest BCUT2D eigenvalue weighted by atomic mass is 32.2. The van der Waals surface area contributed by atoms with Crippen LogP contribution in [0.2, 0.25) is 0 Å². The molecular formula is C10H16O3S. The normalized spacial score (nSPS) is 59.0. The third-order valence-corrected chi connectivity index (χ3v) is 6.09. The van der Waals surface area contributed by atoms with Gasteiger partial charge in [0, 0.05) is 0 Å². The fourth-order valence-electron chi connectivity index (χ4n) is 3.61. The molecule has 0 aromatic rings. The molecule has 0 aromatic carbocycles. The molecule has 4 heteroatoms. The fraction of sp³-hybridized carbons (Fsp3) is 1.00. The summed E-state index contributed by atoms with van der Waals surface area (Å²) in [5.74, 6) is 0.210. The summed E-state index contributed by atoms with van der Waals surface area (Å²) in [5.41, 5.74) is 0.879. The smallest absolute Gasteiger partial charge is 0.267 e. The maximum absolute atomic E-state index is 11.4. The Hall–Kier alpha value is -0.0900. The Morgan fingerprint density at radius 3 is 2.50 bits per heavy atom. The monoisotopic (exact) mass is 216 g/mol. The van der Waals surface area contributed by atoms with Crippen LogP contribution < -0.4 is 0 Å². The third kappa shape index (κ3) is 0.890. The van der Waals surface area contributed by atoms with Gasteiger partial charge in [0.1, 0.15) is 0 Å². The molecule has 80 valence electrons. The van der Waals surface area contributed by atoms with Gasteiger partial charge in [-0.1, -0.05) is 13.8 Å². The van der Waals surface area contributed by atoms with Crippen molar-refractivity contribution in [1.82, 2.24) is 0 Å². The van der Waals surface area contributed by atoms with Crippen LogP contribution in [0.3, 0.4) is 0 Å². The summed E-state index contributed by atoms with van der Waals surface area (Å²) in [6.45, 7) is 4.81. The van der Waals surface area contributed by atoms with E-state index in [1.807, 2.05) is 0 Å². The van der Waals surface area contributed by atoms with E-state index in [9.17, 15) is 8.42 Å². The zero-order valence-corrected chi connectivity index (χ0v) is 9.49. The van der Waals surface area contributed by atoms with Crippen LogP contribution in [0.25, 0.3) is 0 Å². The van der Waals surface area contributed by atoms with Crippen molar-refractivity contribution in [3.8, 4) is 0 Å². The molecule has 3 nitrogen and oxygen atoms in total. The minimum atomic E-state index is -3.23. The van der Waals surface area contributed by atoms with Crippen LogP contribution in [0.5, 0.6) is 0 Å². The Balaban J connectivity index is 1.93. The van der Waals surface area contributed by atoms with Gasteiger partial charge < -0.3 is 0 Å². The van der Waals surface area contributed by atoms with E-state index in [4.69, 9.17) is 4.18 Å². The van der Waals surface area contributed by atoms with E-state index in [2.05, 4.69) is 13.8 Å².